The van der Waals surface area contributed by atoms with Gasteiger partial charge in [-0.1, -0.05) is 17.7 Å². The van der Waals surface area contributed by atoms with Crippen LogP contribution in [0.25, 0.3) is 10.9 Å². The molecule has 0 atom stereocenters. The predicted molar refractivity (Wildman–Crippen MR) is 77.3 cm³/mol. The number of hydrogen-bond acceptors (Lipinski definition) is 2. The van der Waals surface area contributed by atoms with E-state index in [1.165, 1.54) is 11.3 Å². The predicted octanol–water partition coefficient (Wildman–Crippen LogP) is 4.10. The monoisotopic (exact) mass is 291 g/mol. The summed E-state index contributed by atoms with van der Waals surface area (Å²) in [5.74, 6) is -0.878. The third kappa shape index (κ3) is 2.25. The van der Waals surface area contributed by atoms with Gasteiger partial charge in [-0.25, -0.2) is 4.79 Å². The molecule has 0 amide bonds. The molecule has 3 nitrogen and oxygen atoms in total. The second-order valence-electron chi connectivity index (χ2n) is 4.19. The molecule has 0 bridgehead atoms. The Labute approximate surface area is 118 Å². The average Bonchev–Trinajstić information content (AvgIpc) is 2.98. The largest absolute Gasteiger partial charge is 0.477 e. The van der Waals surface area contributed by atoms with Gasteiger partial charge in [0.05, 0.1) is 6.54 Å². The Morgan fingerprint density at radius 2 is 2.11 bits per heavy atom. The Balaban J connectivity index is 1.96. The molecule has 0 spiro atoms. The van der Waals surface area contributed by atoms with E-state index < -0.39 is 5.97 Å². The van der Waals surface area contributed by atoms with Gasteiger partial charge in [0, 0.05) is 27.0 Å². The molecule has 3 aromatic rings. The maximum atomic E-state index is 10.9. The molecule has 0 fully saturated rings. The molecule has 1 N–H and O–H groups in total. The van der Waals surface area contributed by atoms with Gasteiger partial charge in [0.1, 0.15) is 4.88 Å². The standard InChI is InChI=1S/C14H10ClNO2S/c15-11-2-1-3-12-10(11)6-7-16(12)8-9-4-5-13(19-9)14(17)18/h1-7H,8H2,(H,17,18). The first kappa shape index (κ1) is 12.3. The molecule has 19 heavy (non-hydrogen) atoms. The minimum atomic E-state index is -0.878. The number of carboxylic acid groups (broad SMARTS) is 1. The van der Waals surface area contributed by atoms with Gasteiger partial charge in [0.2, 0.25) is 0 Å². The zero-order valence-electron chi connectivity index (χ0n) is 9.84. The van der Waals surface area contributed by atoms with Crippen LogP contribution in [0.4, 0.5) is 0 Å². The Hall–Kier alpha value is -1.78. The molecule has 0 saturated carbocycles. The molecule has 0 aliphatic carbocycles. The number of aromatic carboxylic acids is 1. The van der Waals surface area contributed by atoms with E-state index in [0.717, 1.165) is 20.8 Å². The topological polar surface area (TPSA) is 42.2 Å². The molecule has 0 aliphatic rings. The van der Waals surface area contributed by atoms with Crippen LogP contribution in [0.1, 0.15) is 14.5 Å². The van der Waals surface area contributed by atoms with Crippen molar-refractivity contribution in [3.8, 4) is 0 Å². The van der Waals surface area contributed by atoms with Gasteiger partial charge in [-0.05, 0) is 30.3 Å². The van der Waals surface area contributed by atoms with Gasteiger partial charge >= 0.3 is 5.97 Å². The number of hydrogen-bond donors (Lipinski definition) is 1. The molecule has 0 aliphatic heterocycles. The van der Waals surface area contributed by atoms with E-state index in [4.69, 9.17) is 16.7 Å². The minimum Gasteiger partial charge on any atom is -0.477 e. The van der Waals surface area contributed by atoms with Crippen LogP contribution in [0, 0.1) is 0 Å². The summed E-state index contributed by atoms with van der Waals surface area (Å²) >= 11 is 7.43. The van der Waals surface area contributed by atoms with E-state index in [2.05, 4.69) is 4.57 Å². The zero-order valence-corrected chi connectivity index (χ0v) is 11.4. The second kappa shape index (κ2) is 4.72. The summed E-state index contributed by atoms with van der Waals surface area (Å²) in [5, 5.41) is 10.7. The number of aromatic nitrogens is 1. The number of rotatable bonds is 3. The maximum Gasteiger partial charge on any atom is 0.345 e. The number of benzene rings is 1. The molecule has 0 radical (unpaired) electrons. The van der Waals surface area contributed by atoms with Crippen LogP contribution in [0.15, 0.2) is 42.6 Å². The fourth-order valence-electron chi connectivity index (χ4n) is 2.07. The lowest BCUT2D eigenvalue weighted by Crippen LogP contribution is -1.95. The van der Waals surface area contributed by atoms with Crippen LogP contribution >= 0.6 is 22.9 Å². The van der Waals surface area contributed by atoms with Gasteiger partial charge < -0.3 is 9.67 Å². The third-order valence-corrected chi connectivity index (χ3v) is 4.35. The van der Waals surface area contributed by atoms with Crippen molar-refractivity contribution in [2.75, 3.05) is 0 Å². The summed E-state index contributed by atoms with van der Waals surface area (Å²) in [5.41, 5.74) is 1.05. The van der Waals surface area contributed by atoms with Crippen LogP contribution in [0.5, 0.6) is 0 Å². The molecule has 0 saturated heterocycles. The highest BCUT2D eigenvalue weighted by molar-refractivity contribution is 7.13. The Kier molecular flexibility index (Phi) is 3.05. The summed E-state index contributed by atoms with van der Waals surface area (Å²) in [6.07, 6.45) is 1.97. The average molecular weight is 292 g/mol. The molecule has 2 aromatic heterocycles. The minimum absolute atomic E-state index is 0.365. The maximum absolute atomic E-state index is 10.9. The summed E-state index contributed by atoms with van der Waals surface area (Å²) in [7, 11) is 0. The zero-order chi connectivity index (χ0) is 13.4. The summed E-state index contributed by atoms with van der Waals surface area (Å²) in [4.78, 5) is 12.2. The quantitative estimate of drug-likeness (QED) is 0.789. The lowest BCUT2D eigenvalue weighted by molar-refractivity contribution is 0.0702. The van der Waals surface area contributed by atoms with Crippen molar-refractivity contribution in [2.45, 2.75) is 6.54 Å². The van der Waals surface area contributed by atoms with Gasteiger partial charge in [-0.3, -0.25) is 0 Å². The van der Waals surface area contributed by atoms with Crippen LogP contribution in [-0.2, 0) is 6.54 Å². The number of nitrogens with zero attached hydrogens (tertiary/aromatic N) is 1. The van der Waals surface area contributed by atoms with E-state index >= 15 is 0 Å². The third-order valence-electron chi connectivity index (χ3n) is 2.96. The fraction of sp³-hybridized carbons (Fsp3) is 0.0714. The van der Waals surface area contributed by atoms with E-state index in [1.807, 2.05) is 36.5 Å². The fourth-order valence-corrected chi connectivity index (χ4v) is 3.15. The van der Waals surface area contributed by atoms with Gasteiger partial charge in [0.15, 0.2) is 0 Å². The molecule has 5 heteroatoms. The van der Waals surface area contributed by atoms with Crippen molar-refractivity contribution in [3.63, 3.8) is 0 Å². The lowest BCUT2D eigenvalue weighted by Gasteiger charge is -2.03. The molecule has 1 aromatic carbocycles. The molecular formula is C14H10ClNO2S. The summed E-state index contributed by atoms with van der Waals surface area (Å²) in [6, 6.07) is 11.3. The number of halogens is 1. The normalized spacial score (nSPS) is 11.0. The number of thiophene rings is 1. The molecule has 2 heterocycles. The first-order valence-electron chi connectivity index (χ1n) is 5.70. The van der Waals surface area contributed by atoms with E-state index in [9.17, 15) is 4.79 Å². The van der Waals surface area contributed by atoms with Crippen molar-refractivity contribution in [1.29, 1.82) is 0 Å². The lowest BCUT2D eigenvalue weighted by atomic mass is 10.2. The van der Waals surface area contributed by atoms with Crippen LogP contribution in [0.2, 0.25) is 5.02 Å². The summed E-state index contributed by atoms with van der Waals surface area (Å²) < 4.78 is 2.07. The smallest absolute Gasteiger partial charge is 0.345 e. The van der Waals surface area contributed by atoms with Crippen molar-refractivity contribution >= 4 is 39.8 Å². The van der Waals surface area contributed by atoms with E-state index in [-0.39, 0.29) is 0 Å². The Bertz CT molecular complexity index is 760. The van der Waals surface area contributed by atoms with E-state index in [1.54, 1.807) is 6.07 Å². The molecule has 3 rings (SSSR count). The summed E-state index contributed by atoms with van der Waals surface area (Å²) in [6.45, 7) is 0.655. The molecular weight excluding hydrogens is 282 g/mol. The van der Waals surface area contributed by atoms with Crippen LogP contribution in [0.3, 0.4) is 0 Å². The van der Waals surface area contributed by atoms with Crippen molar-refractivity contribution in [1.82, 2.24) is 4.57 Å². The highest BCUT2D eigenvalue weighted by atomic mass is 35.5. The van der Waals surface area contributed by atoms with Crippen molar-refractivity contribution in [2.24, 2.45) is 0 Å². The van der Waals surface area contributed by atoms with Gasteiger partial charge in [0.25, 0.3) is 0 Å². The van der Waals surface area contributed by atoms with Crippen molar-refractivity contribution < 1.29 is 9.90 Å². The number of carboxylic acids is 1. The Morgan fingerprint density at radius 3 is 2.84 bits per heavy atom. The number of carbonyl (C=O) groups is 1. The number of fused-ring (bicyclic) bond motifs is 1. The highest BCUT2D eigenvalue weighted by Gasteiger charge is 2.09. The highest BCUT2D eigenvalue weighted by Crippen LogP contribution is 2.26. The molecule has 96 valence electrons. The van der Waals surface area contributed by atoms with Crippen LogP contribution < -0.4 is 0 Å². The Morgan fingerprint density at radius 1 is 1.26 bits per heavy atom. The first-order valence-corrected chi connectivity index (χ1v) is 6.90. The SMILES string of the molecule is O=C(O)c1ccc(Cn2ccc3c(Cl)cccc32)s1. The second-order valence-corrected chi connectivity index (χ2v) is 5.76. The van der Waals surface area contributed by atoms with Crippen molar-refractivity contribution in [3.05, 3.63) is 57.4 Å². The molecule has 0 unspecified atom stereocenters. The first-order chi connectivity index (χ1) is 9.15. The van der Waals surface area contributed by atoms with Gasteiger partial charge in [-0.15, -0.1) is 11.3 Å². The van der Waals surface area contributed by atoms with Gasteiger partial charge in [-0.2, -0.15) is 0 Å². The van der Waals surface area contributed by atoms with E-state index in [0.29, 0.717) is 11.4 Å². The van der Waals surface area contributed by atoms with Crippen LogP contribution in [-0.4, -0.2) is 15.6 Å².